The van der Waals surface area contributed by atoms with Gasteiger partial charge in [-0.1, -0.05) is 6.92 Å². The van der Waals surface area contributed by atoms with E-state index in [9.17, 15) is 0 Å². The summed E-state index contributed by atoms with van der Waals surface area (Å²) < 4.78 is 0. The quantitative estimate of drug-likeness (QED) is 0.378. The summed E-state index contributed by atoms with van der Waals surface area (Å²) in [5.74, 6) is 0.522. The zero-order chi connectivity index (χ0) is 5.49. The summed E-state index contributed by atoms with van der Waals surface area (Å²) >= 11 is 5.73. The second kappa shape index (κ2) is 1.36. The minimum atomic E-state index is -0.347. The van der Waals surface area contributed by atoms with Crippen molar-refractivity contribution in [1.82, 2.24) is 0 Å². The van der Waals surface area contributed by atoms with E-state index in [1.807, 2.05) is 0 Å². The molecule has 0 heterocycles. The van der Waals surface area contributed by atoms with E-state index in [-0.39, 0.29) is 5.00 Å². The predicted octanol–water partition coefficient (Wildman–Crippen LogP) is 1.31. The van der Waals surface area contributed by atoms with E-state index >= 15 is 0 Å². The van der Waals surface area contributed by atoms with Crippen molar-refractivity contribution in [3.05, 3.63) is 0 Å². The maximum atomic E-state index is 5.73. The van der Waals surface area contributed by atoms with Crippen molar-refractivity contribution < 1.29 is 0 Å². The van der Waals surface area contributed by atoms with E-state index in [1.165, 1.54) is 6.42 Å². The molecule has 1 aliphatic carbocycles. The predicted molar refractivity (Wildman–Crippen MR) is 31.2 cm³/mol. The normalized spacial score (nSPS) is 51.0. The molecule has 42 valence electrons. The highest BCUT2D eigenvalue weighted by atomic mass is 35.5. The minimum absolute atomic E-state index is 0.347. The Bertz CT molecular complexity index is 80.1. The van der Waals surface area contributed by atoms with Crippen LogP contribution < -0.4 is 5.73 Å². The summed E-state index contributed by atoms with van der Waals surface area (Å²) in [5.41, 5.74) is 5.53. The first-order chi connectivity index (χ1) is 3.13. The summed E-state index contributed by atoms with van der Waals surface area (Å²) in [6, 6.07) is 0. The molecule has 0 aliphatic heterocycles. The first-order valence-corrected chi connectivity index (χ1v) is 2.98. The van der Waals surface area contributed by atoms with E-state index in [1.54, 1.807) is 0 Å². The highest BCUT2D eigenvalue weighted by Crippen LogP contribution is 2.38. The Labute approximate surface area is 48.8 Å². The van der Waals surface area contributed by atoms with Gasteiger partial charge in [0, 0.05) is 0 Å². The Morgan fingerprint density at radius 1 is 1.86 bits per heavy atom. The molecule has 1 aliphatic rings. The van der Waals surface area contributed by atoms with Crippen LogP contribution in [0.15, 0.2) is 0 Å². The topological polar surface area (TPSA) is 26.0 Å². The molecule has 0 radical (unpaired) electrons. The van der Waals surface area contributed by atoms with Gasteiger partial charge in [0.2, 0.25) is 0 Å². The van der Waals surface area contributed by atoms with Gasteiger partial charge in [-0.15, -0.1) is 11.6 Å². The molecule has 2 unspecified atom stereocenters. The van der Waals surface area contributed by atoms with Crippen molar-refractivity contribution in [3.63, 3.8) is 0 Å². The van der Waals surface area contributed by atoms with Gasteiger partial charge in [0.25, 0.3) is 0 Å². The summed E-state index contributed by atoms with van der Waals surface area (Å²) in [4.78, 5) is -0.347. The molecule has 2 heteroatoms. The molecule has 0 bridgehead atoms. The van der Waals surface area contributed by atoms with Crippen molar-refractivity contribution in [2.75, 3.05) is 0 Å². The number of alkyl halides is 1. The monoisotopic (exact) mass is 119 g/mol. The van der Waals surface area contributed by atoms with Crippen molar-refractivity contribution in [1.29, 1.82) is 0 Å². The molecular weight excluding hydrogens is 110 g/mol. The van der Waals surface area contributed by atoms with Gasteiger partial charge in [0.1, 0.15) is 0 Å². The lowest BCUT2D eigenvalue weighted by Crippen LogP contribution is -2.48. The number of rotatable bonds is 0. The Balaban J connectivity index is 2.43. The second-order valence-corrected chi connectivity index (χ2v) is 3.07. The van der Waals surface area contributed by atoms with E-state index in [0.717, 1.165) is 6.42 Å². The van der Waals surface area contributed by atoms with Crippen LogP contribution in [0.1, 0.15) is 19.8 Å². The third-order valence-corrected chi connectivity index (χ3v) is 2.34. The number of hydrogen-bond acceptors (Lipinski definition) is 1. The van der Waals surface area contributed by atoms with Gasteiger partial charge < -0.3 is 5.73 Å². The van der Waals surface area contributed by atoms with Crippen molar-refractivity contribution in [3.8, 4) is 0 Å². The standard InChI is InChI=1S/C5H10ClN/c1-4-2-3-5(4,6)7/h4H,2-3,7H2,1H3. The molecule has 0 amide bonds. The van der Waals surface area contributed by atoms with Crippen LogP contribution in [-0.4, -0.2) is 5.00 Å². The highest BCUT2D eigenvalue weighted by Gasteiger charge is 2.37. The van der Waals surface area contributed by atoms with E-state index in [0.29, 0.717) is 5.92 Å². The average molecular weight is 120 g/mol. The van der Waals surface area contributed by atoms with Crippen LogP contribution in [0.25, 0.3) is 0 Å². The molecule has 0 aromatic rings. The summed E-state index contributed by atoms with van der Waals surface area (Å²) in [5, 5.41) is 0. The molecule has 1 saturated carbocycles. The van der Waals surface area contributed by atoms with E-state index in [2.05, 4.69) is 6.92 Å². The van der Waals surface area contributed by atoms with E-state index < -0.39 is 0 Å². The third-order valence-electron chi connectivity index (χ3n) is 1.78. The molecular formula is C5H10ClN. The molecule has 1 rings (SSSR count). The Morgan fingerprint density at radius 2 is 2.29 bits per heavy atom. The van der Waals surface area contributed by atoms with Crippen LogP contribution >= 0.6 is 11.6 Å². The molecule has 2 atom stereocenters. The van der Waals surface area contributed by atoms with Crippen LogP contribution in [0.3, 0.4) is 0 Å². The molecule has 1 fully saturated rings. The first kappa shape index (κ1) is 5.39. The summed E-state index contributed by atoms with van der Waals surface area (Å²) in [6.45, 7) is 2.08. The van der Waals surface area contributed by atoms with Gasteiger partial charge in [0.05, 0.1) is 5.00 Å². The van der Waals surface area contributed by atoms with Gasteiger partial charge in [-0.25, -0.2) is 0 Å². The molecule has 2 N–H and O–H groups in total. The fraction of sp³-hybridized carbons (Fsp3) is 1.00. The largest absolute Gasteiger partial charge is 0.313 e. The summed E-state index contributed by atoms with van der Waals surface area (Å²) in [7, 11) is 0. The van der Waals surface area contributed by atoms with Crippen molar-refractivity contribution in [2.45, 2.75) is 24.8 Å². The maximum Gasteiger partial charge on any atom is 0.0936 e. The smallest absolute Gasteiger partial charge is 0.0936 e. The lowest BCUT2D eigenvalue weighted by molar-refractivity contribution is 0.237. The molecule has 1 nitrogen and oxygen atoms in total. The van der Waals surface area contributed by atoms with Gasteiger partial charge in [-0.2, -0.15) is 0 Å². The third kappa shape index (κ3) is 0.752. The number of hydrogen-bond donors (Lipinski definition) is 1. The average Bonchev–Trinajstić information content (AvgIpc) is 1.63. The Morgan fingerprint density at radius 3 is 2.29 bits per heavy atom. The van der Waals surface area contributed by atoms with Crippen LogP contribution in [0.2, 0.25) is 0 Å². The second-order valence-electron chi connectivity index (χ2n) is 2.37. The number of halogens is 1. The van der Waals surface area contributed by atoms with Crippen LogP contribution in [-0.2, 0) is 0 Å². The van der Waals surface area contributed by atoms with Gasteiger partial charge in [-0.05, 0) is 18.8 Å². The highest BCUT2D eigenvalue weighted by molar-refractivity contribution is 6.24. The molecule has 0 aromatic carbocycles. The zero-order valence-electron chi connectivity index (χ0n) is 4.45. The fourth-order valence-corrected chi connectivity index (χ4v) is 0.927. The molecule has 0 aromatic heterocycles. The zero-order valence-corrected chi connectivity index (χ0v) is 5.20. The van der Waals surface area contributed by atoms with Gasteiger partial charge in [-0.3, -0.25) is 0 Å². The van der Waals surface area contributed by atoms with Crippen LogP contribution in [0.5, 0.6) is 0 Å². The minimum Gasteiger partial charge on any atom is -0.313 e. The van der Waals surface area contributed by atoms with E-state index in [4.69, 9.17) is 17.3 Å². The molecule has 0 spiro atoms. The van der Waals surface area contributed by atoms with Gasteiger partial charge >= 0.3 is 0 Å². The first-order valence-electron chi connectivity index (χ1n) is 2.61. The lowest BCUT2D eigenvalue weighted by Gasteiger charge is -2.39. The fourth-order valence-electron chi connectivity index (χ4n) is 0.709. The lowest BCUT2D eigenvalue weighted by atomic mass is 9.81. The van der Waals surface area contributed by atoms with Crippen molar-refractivity contribution >= 4 is 11.6 Å². The van der Waals surface area contributed by atoms with Crippen LogP contribution in [0, 0.1) is 5.92 Å². The van der Waals surface area contributed by atoms with Crippen LogP contribution in [0.4, 0.5) is 0 Å². The maximum absolute atomic E-state index is 5.73. The Hall–Kier alpha value is 0.250. The van der Waals surface area contributed by atoms with Gasteiger partial charge in [0.15, 0.2) is 0 Å². The van der Waals surface area contributed by atoms with Crippen molar-refractivity contribution in [2.24, 2.45) is 11.7 Å². The number of nitrogens with two attached hydrogens (primary N) is 1. The molecule has 0 saturated heterocycles. The SMILES string of the molecule is CC1CCC1(N)Cl. The Kier molecular flexibility index (Phi) is 1.05. The summed E-state index contributed by atoms with van der Waals surface area (Å²) in [6.07, 6.45) is 2.18. The molecule has 7 heavy (non-hydrogen) atoms.